The zero-order valence-electron chi connectivity index (χ0n) is 12.9. The molecule has 0 radical (unpaired) electrons. The van der Waals surface area contributed by atoms with Crippen LogP contribution >= 0.6 is 11.6 Å². The Labute approximate surface area is 142 Å². The van der Waals surface area contributed by atoms with Gasteiger partial charge in [0.15, 0.2) is 11.6 Å². The molecule has 24 heavy (non-hydrogen) atoms. The summed E-state index contributed by atoms with van der Waals surface area (Å²) in [5, 5.41) is 10.2. The maximum absolute atomic E-state index is 12.9. The molecule has 0 bridgehead atoms. The number of nitrogens with zero attached hydrogens (tertiary/aromatic N) is 4. The zero-order chi connectivity index (χ0) is 17.1. The summed E-state index contributed by atoms with van der Waals surface area (Å²) >= 11 is 6.09. The minimum Gasteiger partial charge on any atom is -0.454 e. The predicted molar refractivity (Wildman–Crippen MR) is 86.9 cm³/mol. The summed E-state index contributed by atoms with van der Waals surface area (Å²) in [6, 6.07) is 4.79. The van der Waals surface area contributed by atoms with Gasteiger partial charge in [-0.05, 0) is 26.0 Å². The van der Waals surface area contributed by atoms with Crippen LogP contribution in [0.1, 0.15) is 24.4 Å². The fourth-order valence-electron chi connectivity index (χ4n) is 1.94. The Morgan fingerprint density at radius 3 is 2.79 bits per heavy atom. The molecule has 3 heterocycles. The first-order chi connectivity index (χ1) is 11.5. The van der Waals surface area contributed by atoms with Gasteiger partial charge in [-0.1, -0.05) is 11.6 Å². The first-order valence-corrected chi connectivity index (χ1v) is 7.49. The largest absolute Gasteiger partial charge is 0.454 e. The minimum absolute atomic E-state index is 0.118. The average Bonchev–Trinajstić information content (AvgIpc) is 2.96. The molecular weight excluding hydrogens is 335 g/mol. The molecule has 0 saturated heterocycles. The van der Waals surface area contributed by atoms with Crippen LogP contribution in [0, 0.1) is 12.7 Å². The van der Waals surface area contributed by atoms with E-state index in [2.05, 4.69) is 30.5 Å². The molecule has 3 aromatic rings. The Balaban J connectivity index is 1.76. The molecule has 1 atom stereocenters. The molecule has 0 saturated carbocycles. The fraction of sp³-hybridized carbons (Fsp3) is 0.200. The molecule has 0 aliphatic rings. The number of hydrogen-bond acceptors (Lipinski definition) is 6. The zero-order valence-corrected chi connectivity index (χ0v) is 13.7. The van der Waals surface area contributed by atoms with Crippen LogP contribution in [0.4, 0.5) is 16.0 Å². The SMILES string of the molecule is Cc1cc(Nc2nc(OC(C)c3ccc(F)cn3)ncc2Cl)n[nH]1. The number of ether oxygens (including phenoxy) is 1. The van der Waals surface area contributed by atoms with Gasteiger partial charge in [0.25, 0.3) is 0 Å². The van der Waals surface area contributed by atoms with Gasteiger partial charge in [0.2, 0.25) is 0 Å². The number of nitrogens with one attached hydrogen (secondary N) is 2. The molecule has 0 spiro atoms. The van der Waals surface area contributed by atoms with E-state index in [1.165, 1.54) is 12.3 Å². The molecule has 0 aliphatic heterocycles. The van der Waals surface area contributed by atoms with E-state index in [1.807, 2.05) is 13.0 Å². The molecule has 0 amide bonds. The molecule has 3 rings (SSSR count). The molecule has 7 nitrogen and oxygen atoms in total. The highest BCUT2D eigenvalue weighted by Gasteiger charge is 2.13. The summed E-state index contributed by atoms with van der Waals surface area (Å²) in [7, 11) is 0. The van der Waals surface area contributed by atoms with E-state index in [9.17, 15) is 4.39 Å². The number of pyridine rings is 1. The number of aromatic nitrogens is 5. The monoisotopic (exact) mass is 348 g/mol. The van der Waals surface area contributed by atoms with Crippen LogP contribution in [0.3, 0.4) is 0 Å². The minimum atomic E-state index is -0.452. The first kappa shape index (κ1) is 16.1. The number of hydrogen-bond donors (Lipinski definition) is 2. The highest BCUT2D eigenvalue weighted by molar-refractivity contribution is 6.32. The highest BCUT2D eigenvalue weighted by Crippen LogP contribution is 2.25. The van der Waals surface area contributed by atoms with E-state index in [1.54, 1.807) is 13.0 Å². The van der Waals surface area contributed by atoms with Crippen molar-refractivity contribution in [2.45, 2.75) is 20.0 Å². The Hall–Kier alpha value is -2.74. The van der Waals surface area contributed by atoms with Crippen molar-refractivity contribution in [1.29, 1.82) is 0 Å². The summed E-state index contributed by atoms with van der Waals surface area (Å²) in [6.45, 7) is 3.65. The topological polar surface area (TPSA) is 88.6 Å². The van der Waals surface area contributed by atoms with Crippen LogP contribution in [0.25, 0.3) is 0 Å². The second-order valence-corrected chi connectivity index (χ2v) is 5.48. The Bertz CT molecular complexity index is 838. The van der Waals surface area contributed by atoms with E-state index in [0.717, 1.165) is 11.9 Å². The van der Waals surface area contributed by atoms with Gasteiger partial charge in [0.1, 0.15) is 16.9 Å². The van der Waals surface area contributed by atoms with Crippen molar-refractivity contribution in [3.8, 4) is 6.01 Å². The lowest BCUT2D eigenvalue weighted by molar-refractivity contribution is 0.203. The molecule has 0 fully saturated rings. The molecule has 0 aromatic carbocycles. The van der Waals surface area contributed by atoms with Crippen LogP contribution in [0.5, 0.6) is 6.01 Å². The molecule has 0 aliphatic carbocycles. The molecule has 2 N–H and O–H groups in total. The first-order valence-electron chi connectivity index (χ1n) is 7.11. The van der Waals surface area contributed by atoms with Gasteiger partial charge in [-0.2, -0.15) is 10.1 Å². The standard InChI is InChI=1S/C15H14ClFN6O/c1-8-5-13(23-22-8)20-14-11(16)7-19-15(21-14)24-9(2)12-4-3-10(17)6-18-12/h3-7,9H,1-2H3,(H2,19,20,21,22,23). The molecule has 1 unspecified atom stereocenters. The quantitative estimate of drug-likeness (QED) is 0.732. The van der Waals surface area contributed by atoms with Gasteiger partial charge in [0.05, 0.1) is 18.1 Å². The van der Waals surface area contributed by atoms with Crippen LogP contribution in [-0.4, -0.2) is 25.1 Å². The summed E-state index contributed by atoms with van der Waals surface area (Å²) in [4.78, 5) is 12.2. The van der Waals surface area contributed by atoms with E-state index in [-0.39, 0.29) is 6.01 Å². The normalized spacial score (nSPS) is 12.0. The van der Waals surface area contributed by atoms with Crippen molar-refractivity contribution in [1.82, 2.24) is 25.1 Å². The summed E-state index contributed by atoms with van der Waals surface area (Å²) in [6.07, 6.45) is 2.11. The lowest BCUT2D eigenvalue weighted by atomic mass is 10.2. The van der Waals surface area contributed by atoms with E-state index in [4.69, 9.17) is 16.3 Å². The Morgan fingerprint density at radius 1 is 1.29 bits per heavy atom. The van der Waals surface area contributed by atoms with Gasteiger partial charge >= 0.3 is 6.01 Å². The maximum Gasteiger partial charge on any atom is 0.319 e. The van der Waals surface area contributed by atoms with Crippen molar-refractivity contribution >= 4 is 23.2 Å². The summed E-state index contributed by atoms with van der Waals surface area (Å²) < 4.78 is 18.6. The third-order valence-electron chi connectivity index (χ3n) is 3.12. The Morgan fingerprint density at radius 2 is 2.12 bits per heavy atom. The highest BCUT2D eigenvalue weighted by atomic mass is 35.5. The van der Waals surface area contributed by atoms with Crippen LogP contribution in [0.2, 0.25) is 5.02 Å². The van der Waals surface area contributed by atoms with Gasteiger partial charge < -0.3 is 10.1 Å². The van der Waals surface area contributed by atoms with Gasteiger partial charge in [-0.3, -0.25) is 10.1 Å². The third kappa shape index (κ3) is 3.77. The Kier molecular flexibility index (Phi) is 4.57. The van der Waals surface area contributed by atoms with E-state index >= 15 is 0 Å². The van der Waals surface area contributed by atoms with Gasteiger partial charge in [-0.25, -0.2) is 9.37 Å². The maximum atomic E-state index is 12.9. The average molecular weight is 349 g/mol. The number of halogens is 2. The van der Waals surface area contributed by atoms with Crippen LogP contribution < -0.4 is 10.1 Å². The molecule has 3 aromatic heterocycles. The number of aromatic amines is 1. The van der Waals surface area contributed by atoms with Crippen molar-refractivity contribution in [3.63, 3.8) is 0 Å². The smallest absolute Gasteiger partial charge is 0.319 e. The predicted octanol–water partition coefficient (Wildman–Crippen LogP) is 3.58. The number of aryl methyl sites for hydroxylation is 1. The van der Waals surface area contributed by atoms with E-state index in [0.29, 0.717) is 22.4 Å². The van der Waals surface area contributed by atoms with Crippen LogP contribution in [-0.2, 0) is 0 Å². The lowest BCUT2D eigenvalue weighted by Gasteiger charge is -2.13. The van der Waals surface area contributed by atoms with Crippen molar-refractivity contribution in [3.05, 3.63) is 52.8 Å². The van der Waals surface area contributed by atoms with Gasteiger partial charge in [-0.15, -0.1) is 0 Å². The molecular formula is C15H14ClFN6O. The molecule has 9 heteroatoms. The fourth-order valence-corrected chi connectivity index (χ4v) is 2.08. The lowest BCUT2D eigenvalue weighted by Crippen LogP contribution is -2.08. The van der Waals surface area contributed by atoms with Crippen molar-refractivity contribution < 1.29 is 9.13 Å². The number of anilines is 2. The second-order valence-electron chi connectivity index (χ2n) is 5.07. The van der Waals surface area contributed by atoms with Gasteiger partial charge in [0, 0.05) is 11.8 Å². The van der Waals surface area contributed by atoms with Crippen molar-refractivity contribution in [2.24, 2.45) is 0 Å². The number of rotatable bonds is 5. The molecule has 124 valence electrons. The van der Waals surface area contributed by atoms with Crippen LogP contribution in [0.15, 0.2) is 30.6 Å². The number of H-pyrrole nitrogens is 1. The van der Waals surface area contributed by atoms with Crippen molar-refractivity contribution in [2.75, 3.05) is 5.32 Å². The second kappa shape index (κ2) is 6.79. The summed E-state index contributed by atoms with van der Waals surface area (Å²) in [5.41, 5.74) is 1.46. The third-order valence-corrected chi connectivity index (χ3v) is 3.40. The summed E-state index contributed by atoms with van der Waals surface area (Å²) in [5.74, 6) is 0.536. The van der Waals surface area contributed by atoms with E-state index < -0.39 is 11.9 Å².